The molecule has 0 bridgehead atoms. The molecule has 5 heteroatoms. The van der Waals surface area contributed by atoms with Crippen molar-refractivity contribution in [3.05, 3.63) is 52.5 Å². The van der Waals surface area contributed by atoms with Crippen LogP contribution < -0.4 is 5.32 Å². The molecule has 3 nitrogen and oxygen atoms in total. The topological polar surface area (TPSA) is 28.2 Å². The van der Waals surface area contributed by atoms with Crippen LogP contribution in [-0.2, 0) is 0 Å². The second kappa shape index (κ2) is 5.50. The quantitative estimate of drug-likeness (QED) is 0.878. The number of hydrogen-bond donors (Lipinski definition) is 1. The lowest BCUT2D eigenvalue weighted by atomic mass is 10.0. The van der Waals surface area contributed by atoms with Gasteiger partial charge in [0.1, 0.15) is 0 Å². The Hall–Kier alpha value is -1.46. The van der Waals surface area contributed by atoms with Crippen LogP contribution in [-0.4, -0.2) is 21.0 Å². The molecule has 3 rings (SSSR count). The molecule has 3 heterocycles. The van der Waals surface area contributed by atoms with Crippen LogP contribution in [0.3, 0.4) is 0 Å². The van der Waals surface area contributed by atoms with Crippen LogP contribution in [0.25, 0.3) is 0 Å². The average Bonchev–Trinajstić information content (AvgIpc) is 3.06. The summed E-state index contributed by atoms with van der Waals surface area (Å²) in [5, 5.41) is 6.37. The number of thiophene rings is 1. The van der Waals surface area contributed by atoms with Crippen LogP contribution in [0.15, 0.2) is 41.9 Å². The first kappa shape index (κ1) is 13.5. The molecular weight excluding hydrogens is 286 g/mol. The summed E-state index contributed by atoms with van der Waals surface area (Å²) in [5.74, 6) is 0. The Balaban J connectivity index is 2.03. The van der Waals surface area contributed by atoms with Gasteiger partial charge in [-0.15, -0.1) is 11.3 Å². The van der Waals surface area contributed by atoms with Crippen LogP contribution >= 0.6 is 23.6 Å². The van der Waals surface area contributed by atoms with Crippen molar-refractivity contribution >= 4 is 28.7 Å². The van der Waals surface area contributed by atoms with Crippen LogP contribution in [0.1, 0.15) is 36.5 Å². The minimum Gasteiger partial charge on any atom is -0.352 e. The lowest BCUT2D eigenvalue weighted by Gasteiger charge is -2.30. The van der Waals surface area contributed by atoms with E-state index >= 15 is 0 Å². The van der Waals surface area contributed by atoms with Crippen molar-refractivity contribution < 1.29 is 0 Å². The lowest BCUT2D eigenvalue weighted by molar-refractivity contribution is 0.273. The van der Waals surface area contributed by atoms with Gasteiger partial charge in [0.05, 0.1) is 17.8 Å². The average molecular weight is 303 g/mol. The molecule has 0 radical (unpaired) electrons. The van der Waals surface area contributed by atoms with Crippen molar-refractivity contribution in [3.8, 4) is 0 Å². The molecule has 2 aromatic heterocycles. The largest absolute Gasteiger partial charge is 0.352 e. The molecule has 0 unspecified atom stereocenters. The van der Waals surface area contributed by atoms with Crippen LogP contribution in [0, 0.1) is 0 Å². The van der Waals surface area contributed by atoms with E-state index in [1.807, 2.05) is 18.3 Å². The van der Waals surface area contributed by atoms with Gasteiger partial charge in [0.25, 0.3) is 0 Å². The first-order valence-electron chi connectivity index (χ1n) is 6.71. The van der Waals surface area contributed by atoms with Gasteiger partial charge in [-0.1, -0.05) is 12.1 Å². The summed E-state index contributed by atoms with van der Waals surface area (Å²) in [6.07, 6.45) is 1.84. The summed E-state index contributed by atoms with van der Waals surface area (Å²) in [6.45, 7) is 4.35. The summed E-state index contributed by atoms with van der Waals surface area (Å²) in [6, 6.07) is 11.0. The molecular formula is C15H17N3S2. The van der Waals surface area contributed by atoms with Gasteiger partial charge in [-0.2, -0.15) is 0 Å². The highest BCUT2D eigenvalue weighted by molar-refractivity contribution is 7.80. The Morgan fingerprint density at radius 1 is 1.30 bits per heavy atom. The maximum absolute atomic E-state index is 5.54. The minimum atomic E-state index is 0.116. The maximum Gasteiger partial charge on any atom is 0.170 e. The highest BCUT2D eigenvalue weighted by Gasteiger charge is 2.41. The molecule has 0 aromatic carbocycles. The monoisotopic (exact) mass is 303 g/mol. The van der Waals surface area contributed by atoms with E-state index in [9.17, 15) is 0 Å². The Labute approximate surface area is 128 Å². The number of nitrogens with zero attached hydrogens (tertiary/aromatic N) is 2. The van der Waals surface area contributed by atoms with Gasteiger partial charge in [0.15, 0.2) is 5.11 Å². The normalized spacial score (nSPS) is 22.4. The Morgan fingerprint density at radius 3 is 2.75 bits per heavy atom. The van der Waals surface area contributed by atoms with Gasteiger partial charge >= 0.3 is 0 Å². The van der Waals surface area contributed by atoms with Gasteiger partial charge in [0, 0.05) is 17.1 Å². The van der Waals surface area contributed by atoms with Crippen molar-refractivity contribution in [3.63, 3.8) is 0 Å². The number of rotatable bonds is 3. The van der Waals surface area contributed by atoms with E-state index in [2.05, 4.69) is 52.6 Å². The molecule has 2 atom stereocenters. The fraction of sp³-hybridized carbons (Fsp3) is 0.333. The van der Waals surface area contributed by atoms with Gasteiger partial charge in [-0.05, 0) is 49.6 Å². The van der Waals surface area contributed by atoms with E-state index in [4.69, 9.17) is 12.2 Å². The minimum absolute atomic E-state index is 0.116. The molecule has 0 saturated carbocycles. The maximum atomic E-state index is 5.54. The lowest BCUT2D eigenvalue weighted by Crippen LogP contribution is -2.35. The number of nitrogens with one attached hydrogen (secondary N) is 1. The second-order valence-electron chi connectivity index (χ2n) is 5.14. The van der Waals surface area contributed by atoms with Crippen molar-refractivity contribution in [1.82, 2.24) is 15.2 Å². The third-order valence-corrected chi connectivity index (χ3v) is 4.80. The van der Waals surface area contributed by atoms with E-state index in [0.717, 1.165) is 10.8 Å². The van der Waals surface area contributed by atoms with E-state index in [0.29, 0.717) is 6.04 Å². The number of hydrogen-bond acceptors (Lipinski definition) is 3. The highest BCUT2D eigenvalue weighted by Crippen LogP contribution is 2.41. The molecule has 0 amide bonds. The summed E-state index contributed by atoms with van der Waals surface area (Å²) >= 11 is 7.31. The van der Waals surface area contributed by atoms with Crippen LogP contribution in [0.2, 0.25) is 0 Å². The Kier molecular flexibility index (Phi) is 3.72. The zero-order chi connectivity index (χ0) is 14.1. The van der Waals surface area contributed by atoms with Gasteiger partial charge in [-0.3, -0.25) is 4.98 Å². The standard InChI is InChI=1S/C15H17N3S2/c1-10(2)18-14(12-7-5-9-20-12)13(17-15(18)19)11-6-3-4-8-16-11/h3-10,13-14H,1-2H3,(H,17,19)/t13-,14+/m1/s1. The fourth-order valence-electron chi connectivity index (χ4n) is 2.69. The SMILES string of the molecule is CC(C)N1C(=S)N[C@H](c2ccccn2)[C@@H]1c1cccs1. The third kappa shape index (κ3) is 2.31. The zero-order valence-corrected chi connectivity index (χ0v) is 13.1. The molecule has 1 fully saturated rings. The van der Waals surface area contributed by atoms with Gasteiger partial charge in [-0.25, -0.2) is 0 Å². The van der Waals surface area contributed by atoms with E-state index in [-0.39, 0.29) is 12.1 Å². The van der Waals surface area contributed by atoms with E-state index in [1.54, 1.807) is 11.3 Å². The predicted molar refractivity (Wildman–Crippen MR) is 86.7 cm³/mol. The van der Waals surface area contributed by atoms with Crippen LogP contribution in [0.4, 0.5) is 0 Å². The Morgan fingerprint density at radius 2 is 2.15 bits per heavy atom. The first-order chi connectivity index (χ1) is 9.68. The van der Waals surface area contributed by atoms with Gasteiger partial charge < -0.3 is 10.2 Å². The summed E-state index contributed by atoms with van der Waals surface area (Å²) in [7, 11) is 0. The molecule has 1 aliphatic heterocycles. The van der Waals surface area contributed by atoms with Crippen molar-refractivity contribution in [2.24, 2.45) is 0 Å². The van der Waals surface area contributed by atoms with Crippen molar-refractivity contribution in [2.45, 2.75) is 32.0 Å². The van der Waals surface area contributed by atoms with E-state index in [1.165, 1.54) is 4.88 Å². The summed E-state index contributed by atoms with van der Waals surface area (Å²) < 4.78 is 0. The molecule has 104 valence electrons. The smallest absolute Gasteiger partial charge is 0.170 e. The van der Waals surface area contributed by atoms with Crippen molar-refractivity contribution in [1.29, 1.82) is 0 Å². The molecule has 0 spiro atoms. The van der Waals surface area contributed by atoms with Gasteiger partial charge in [0.2, 0.25) is 0 Å². The number of pyridine rings is 1. The molecule has 1 N–H and O–H groups in total. The zero-order valence-electron chi connectivity index (χ0n) is 11.5. The molecule has 0 aliphatic carbocycles. The fourth-order valence-corrected chi connectivity index (χ4v) is 4.00. The molecule has 1 saturated heterocycles. The highest BCUT2D eigenvalue weighted by atomic mass is 32.1. The first-order valence-corrected chi connectivity index (χ1v) is 8.00. The summed E-state index contributed by atoms with van der Waals surface area (Å²) in [4.78, 5) is 8.10. The summed E-state index contributed by atoms with van der Waals surface area (Å²) in [5.41, 5.74) is 1.04. The molecule has 1 aliphatic rings. The second-order valence-corrected chi connectivity index (χ2v) is 6.51. The third-order valence-electron chi connectivity index (χ3n) is 3.53. The molecule has 20 heavy (non-hydrogen) atoms. The van der Waals surface area contributed by atoms with Crippen molar-refractivity contribution in [2.75, 3.05) is 0 Å². The number of thiocarbonyl (C=S) groups is 1. The number of aromatic nitrogens is 1. The predicted octanol–water partition coefficient (Wildman–Crippen LogP) is 3.52. The van der Waals surface area contributed by atoms with Crippen LogP contribution in [0.5, 0.6) is 0 Å². The van der Waals surface area contributed by atoms with E-state index < -0.39 is 0 Å². The molecule has 2 aromatic rings. The Bertz CT molecular complexity index is 580.